The summed E-state index contributed by atoms with van der Waals surface area (Å²) in [5.41, 5.74) is -0.329. The monoisotopic (exact) mass is 368 g/mol. The molecule has 0 unspecified atom stereocenters. The van der Waals surface area contributed by atoms with E-state index in [1.54, 1.807) is 4.90 Å². The van der Waals surface area contributed by atoms with Gasteiger partial charge >= 0.3 is 5.97 Å². The van der Waals surface area contributed by atoms with Gasteiger partial charge in [-0.3, -0.25) is 14.4 Å². The number of hydrogen-bond acceptors (Lipinski definition) is 6. The number of nitrogens with one attached hydrogen (secondary N) is 1. The molecular formula is C17H25FN4O4. The minimum absolute atomic E-state index is 0.0305. The molecule has 1 N–H and O–H groups in total. The van der Waals surface area contributed by atoms with Crippen LogP contribution in [-0.4, -0.2) is 78.1 Å². The predicted octanol–water partition coefficient (Wildman–Crippen LogP) is -0.0172. The lowest BCUT2D eigenvalue weighted by Crippen LogP contribution is -2.55. The average molecular weight is 368 g/mol. The number of rotatable bonds is 5. The minimum atomic E-state index is -1.15. The summed E-state index contributed by atoms with van der Waals surface area (Å²) in [6.07, 6.45) is 0.198. The molecule has 0 aromatic carbocycles. The van der Waals surface area contributed by atoms with Gasteiger partial charge in [-0.1, -0.05) is 0 Å². The highest BCUT2D eigenvalue weighted by Gasteiger charge is 2.37. The number of hydrogen-bond donors (Lipinski definition) is 1. The van der Waals surface area contributed by atoms with Gasteiger partial charge in [0.25, 0.3) is 5.91 Å². The molecule has 144 valence electrons. The van der Waals surface area contributed by atoms with Crippen molar-refractivity contribution in [3.8, 4) is 6.07 Å². The Labute approximate surface area is 152 Å². The summed E-state index contributed by atoms with van der Waals surface area (Å²) in [6, 6.07) is 1.27. The summed E-state index contributed by atoms with van der Waals surface area (Å²) in [5, 5.41) is 12.2. The molecule has 0 aromatic heterocycles. The first-order valence-corrected chi connectivity index (χ1v) is 8.73. The van der Waals surface area contributed by atoms with Gasteiger partial charge in [-0.2, -0.15) is 5.26 Å². The molecule has 0 saturated carbocycles. The Kier molecular flexibility index (Phi) is 6.53. The fourth-order valence-corrected chi connectivity index (χ4v) is 3.25. The van der Waals surface area contributed by atoms with Crippen molar-refractivity contribution in [2.45, 2.75) is 50.9 Å². The van der Waals surface area contributed by atoms with Crippen LogP contribution in [0.3, 0.4) is 0 Å². The number of piperidine rings is 1. The first kappa shape index (κ1) is 20.1. The van der Waals surface area contributed by atoms with Crippen LogP contribution in [0.4, 0.5) is 4.39 Å². The van der Waals surface area contributed by atoms with E-state index in [4.69, 9.17) is 10.00 Å². The molecule has 2 rings (SSSR count). The normalized spacial score (nSPS) is 24.8. The van der Waals surface area contributed by atoms with Crippen LogP contribution in [0.5, 0.6) is 0 Å². The van der Waals surface area contributed by atoms with Gasteiger partial charge < -0.3 is 19.9 Å². The second-order valence-electron chi connectivity index (χ2n) is 7.10. The molecule has 8 nitrogen and oxygen atoms in total. The number of nitrogens with zero attached hydrogens (tertiary/aromatic N) is 3. The van der Waals surface area contributed by atoms with Crippen molar-refractivity contribution < 1.29 is 23.5 Å². The number of nitriles is 1. The number of halogens is 1. The lowest BCUT2D eigenvalue weighted by molar-refractivity contribution is -0.151. The van der Waals surface area contributed by atoms with Crippen molar-refractivity contribution in [2.75, 3.05) is 32.8 Å². The highest BCUT2D eigenvalue weighted by atomic mass is 19.1. The summed E-state index contributed by atoms with van der Waals surface area (Å²) in [6.45, 7) is 3.95. The van der Waals surface area contributed by atoms with Gasteiger partial charge in [-0.05, 0) is 19.8 Å². The molecule has 0 spiro atoms. The van der Waals surface area contributed by atoms with Gasteiger partial charge in [0, 0.05) is 32.0 Å². The van der Waals surface area contributed by atoms with E-state index >= 15 is 0 Å². The fourth-order valence-electron chi connectivity index (χ4n) is 3.25. The number of esters is 1. The number of carbonyl (C=O) groups excluding carboxylic acids is 3. The third-order valence-electron chi connectivity index (χ3n) is 5.00. The molecule has 0 aliphatic carbocycles. The highest BCUT2D eigenvalue weighted by Crippen LogP contribution is 2.23. The van der Waals surface area contributed by atoms with Crippen molar-refractivity contribution in [1.82, 2.24) is 15.1 Å². The zero-order chi connectivity index (χ0) is 19.3. The SMILES string of the molecule is CC(=O)OCC(=O)N1CCC(C)(NCC(=O)N2C[C@@H](F)C[C@H]2C#N)CC1. The third-order valence-corrected chi connectivity index (χ3v) is 5.00. The first-order chi connectivity index (χ1) is 12.2. The lowest BCUT2D eigenvalue weighted by atomic mass is 9.89. The van der Waals surface area contributed by atoms with Gasteiger partial charge in [0.1, 0.15) is 12.2 Å². The van der Waals surface area contributed by atoms with E-state index in [-0.39, 0.29) is 43.5 Å². The predicted molar refractivity (Wildman–Crippen MR) is 89.5 cm³/mol. The molecule has 2 fully saturated rings. The average Bonchev–Trinajstić information content (AvgIpc) is 2.99. The van der Waals surface area contributed by atoms with Gasteiger partial charge in [0.05, 0.1) is 19.2 Å². The minimum Gasteiger partial charge on any atom is -0.456 e. The molecule has 0 radical (unpaired) electrons. The Bertz CT molecular complexity index is 598. The second kappa shape index (κ2) is 8.45. The number of carbonyl (C=O) groups is 3. The zero-order valence-corrected chi connectivity index (χ0v) is 15.2. The number of likely N-dealkylation sites (tertiary alicyclic amines) is 2. The molecule has 0 aromatic rings. The molecule has 0 bridgehead atoms. The van der Waals surface area contributed by atoms with Crippen LogP contribution >= 0.6 is 0 Å². The molecule has 2 aliphatic rings. The smallest absolute Gasteiger partial charge is 0.303 e. The Balaban J connectivity index is 1.78. The summed E-state index contributed by atoms with van der Waals surface area (Å²) >= 11 is 0. The maximum Gasteiger partial charge on any atom is 0.303 e. The Morgan fingerprint density at radius 3 is 2.54 bits per heavy atom. The van der Waals surface area contributed by atoms with Crippen LogP contribution in [0, 0.1) is 11.3 Å². The topological polar surface area (TPSA) is 103 Å². The zero-order valence-electron chi connectivity index (χ0n) is 15.2. The van der Waals surface area contributed by atoms with Crippen molar-refractivity contribution in [3.05, 3.63) is 0 Å². The molecule has 2 heterocycles. The summed E-state index contributed by atoms with van der Waals surface area (Å²) in [4.78, 5) is 38.0. The van der Waals surface area contributed by atoms with Crippen LogP contribution in [-0.2, 0) is 19.1 Å². The van der Waals surface area contributed by atoms with E-state index in [0.29, 0.717) is 25.9 Å². The molecule has 2 atom stereocenters. The molecular weight excluding hydrogens is 343 g/mol. The van der Waals surface area contributed by atoms with Crippen LogP contribution in [0.25, 0.3) is 0 Å². The van der Waals surface area contributed by atoms with Gasteiger partial charge in [0.15, 0.2) is 6.61 Å². The van der Waals surface area contributed by atoms with E-state index in [1.807, 2.05) is 13.0 Å². The maximum atomic E-state index is 13.4. The second-order valence-corrected chi connectivity index (χ2v) is 7.10. The van der Waals surface area contributed by atoms with Crippen LogP contribution < -0.4 is 5.32 Å². The van der Waals surface area contributed by atoms with Crippen LogP contribution in [0.1, 0.15) is 33.1 Å². The maximum absolute atomic E-state index is 13.4. The third kappa shape index (κ3) is 5.14. The number of amides is 2. The summed E-state index contributed by atoms with van der Waals surface area (Å²) in [5.74, 6) is -1.01. The van der Waals surface area contributed by atoms with E-state index in [1.165, 1.54) is 11.8 Å². The standard InChI is InChI=1S/C17H25FN4O4/c1-12(23)26-11-16(25)21-5-3-17(2,4-6-21)20-9-15(24)22-10-13(18)7-14(22)8-19/h13-14,20H,3-7,9-11H2,1-2H3/t13-,14-/m0/s1. The molecule has 26 heavy (non-hydrogen) atoms. The summed E-state index contributed by atoms with van der Waals surface area (Å²) < 4.78 is 18.2. The molecule has 9 heteroatoms. The Hall–Kier alpha value is -2.21. The molecule has 2 saturated heterocycles. The Morgan fingerprint density at radius 1 is 1.31 bits per heavy atom. The van der Waals surface area contributed by atoms with E-state index in [2.05, 4.69) is 5.32 Å². The van der Waals surface area contributed by atoms with E-state index < -0.39 is 18.2 Å². The Morgan fingerprint density at radius 2 is 1.96 bits per heavy atom. The molecule has 2 amide bonds. The summed E-state index contributed by atoms with van der Waals surface area (Å²) in [7, 11) is 0. The number of ether oxygens (including phenoxy) is 1. The largest absolute Gasteiger partial charge is 0.456 e. The van der Waals surface area contributed by atoms with Gasteiger partial charge in [-0.15, -0.1) is 0 Å². The lowest BCUT2D eigenvalue weighted by Gasteiger charge is -2.40. The van der Waals surface area contributed by atoms with Crippen molar-refractivity contribution in [2.24, 2.45) is 0 Å². The van der Waals surface area contributed by atoms with Crippen molar-refractivity contribution >= 4 is 17.8 Å². The van der Waals surface area contributed by atoms with Crippen LogP contribution in [0.2, 0.25) is 0 Å². The highest BCUT2D eigenvalue weighted by molar-refractivity contribution is 5.80. The van der Waals surface area contributed by atoms with E-state index in [0.717, 1.165) is 0 Å². The van der Waals surface area contributed by atoms with Crippen LogP contribution in [0.15, 0.2) is 0 Å². The molecule has 2 aliphatic heterocycles. The number of alkyl halides is 1. The quantitative estimate of drug-likeness (QED) is 0.685. The first-order valence-electron chi connectivity index (χ1n) is 8.73. The van der Waals surface area contributed by atoms with Gasteiger partial charge in [0.2, 0.25) is 5.91 Å². The van der Waals surface area contributed by atoms with E-state index in [9.17, 15) is 18.8 Å². The fraction of sp³-hybridized carbons (Fsp3) is 0.765. The van der Waals surface area contributed by atoms with Crippen molar-refractivity contribution in [1.29, 1.82) is 5.26 Å². The van der Waals surface area contributed by atoms with Gasteiger partial charge in [-0.25, -0.2) is 4.39 Å². The van der Waals surface area contributed by atoms with Crippen molar-refractivity contribution in [3.63, 3.8) is 0 Å².